The molecule has 0 unspecified atom stereocenters. The number of aliphatic imine (C=N–C) groups is 1. The number of nitrogens with zero attached hydrogens (tertiary/aromatic N) is 1. The van der Waals surface area contributed by atoms with E-state index in [1.165, 1.54) is 18.2 Å². The summed E-state index contributed by atoms with van der Waals surface area (Å²) in [7, 11) is 0. The summed E-state index contributed by atoms with van der Waals surface area (Å²) in [5.74, 6) is -1.03. The Kier molecular flexibility index (Phi) is 9.96. The number of amides is 1. The number of carbonyl (C=O) groups excluding carboxylic acids is 2. The predicted molar refractivity (Wildman–Crippen MR) is 113 cm³/mol. The Morgan fingerprint density at radius 3 is 2.81 bits per heavy atom. The fourth-order valence-electron chi connectivity index (χ4n) is 2.54. The quantitative estimate of drug-likeness (QED) is 0.212. The third-order valence-electron chi connectivity index (χ3n) is 4.04. The first kappa shape index (κ1) is 24.3. The normalized spacial score (nSPS) is 14.3. The molecule has 11 nitrogen and oxygen atoms in total. The molecule has 0 saturated carbocycles. The SMILES string of the molecule is CCOC(=O)[As][C@@H](CNC(=O)c1ccc(OCCNC2=NCCCN2)cc1O)C(=O)O. The van der Waals surface area contributed by atoms with Crippen LogP contribution >= 0.6 is 0 Å². The molecule has 1 radical (unpaired) electrons. The van der Waals surface area contributed by atoms with Gasteiger partial charge in [0.25, 0.3) is 0 Å². The third-order valence-corrected chi connectivity index (χ3v) is 6.26. The van der Waals surface area contributed by atoms with Gasteiger partial charge >= 0.3 is 150 Å². The van der Waals surface area contributed by atoms with Gasteiger partial charge in [-0.25, -0.2) is 0 Å². The van der Waals surface area contributed by atoms with E-state index in [0.717, 1.165) is 25.5 Å². The molecular formula is C19H26AsN4O7. The Bertz CT molecular complexity index is 818. The van der Waals surface area contributed by atoms with E-state index in [1.807, 2.05) is 0 Å². The number of carboxylic acid groups (broad SMARTS) is 1. The Morgan fingerprint density at radius 1 is 1.35 bits per heavy atom. The number of nitrogens with one attached hydrogen (secondary N) is 3. The van der Waals surface area contributed by atoms with Crippen molar-refractivity contribution in [3.8, 4) is 11.5 Å². The van der Waals surface area contributed by atoms with Gasteiger partial charge in [0, 0.05) is 13.1 Å². The second kappa shape index (κ2) is 12.7. The monoisotopic (exact) mass is 497 g/mol. The van der Waals surface area contributed by atoms with Crippen molar-refractivity contribution in [2.75, 3.05) is 39.4 Å². The minimum absolute atomic E-state index is 0.0252. The molecule has 0 bridgehead atoms. The molecule has 1 aromatic carbocycles. The van der Waals surface area contributed by atoms with Gasteiger partial charge < -0.3 is 5.32 Å². The predicted octanol–water partition coefficient (Wildman–Crippen LogP) is 0.174. The van der Waals surface area contributed by atoms with Gasteiger partial charge in [-0.1, -0.05) is 0 Å². The number of hydrogen-bond acceptors (Lipinski definition) is 9. The summed E-state index contributed by atoms with van der Waals surface area (Å²) in [5, 5.41) is 28.0. The molecule has 0 fully saturated rings. The van der Waals surface area contributed by atoms with Gasteiger partial charge in [0.1, 0.15) is 0 Å². The first-order valence-electron chi connectivity index (χ1n) is 9.77. The van der Waals surface area contributed by atoms with Crippen molar-refractivity contribution >= 4 is 38.3 Å². The number of carboxylic acids is 1. The fraction of sp³-hybridized carbons (Fsp3) is 0.474. The molecule has 12 heteroatoms. The number of guanidine groups is 1. The van der Waals surface area contributed by atoms with Crippen LogP contribution in [0.25, 0.3) is 0 Å². The molecule has 1 aromatic rings. The van der Waals surface area contributed by atoms with E-state index in [2.05, 4.69) is 20.9 Å². The van der Waals surface area contributed by atoms with Crippen LogP contribution in [0.4, 0.5) is 4.79 Å². The molecule has 0 spiro atoms. The summed E-state index contributed by atoms with van der Waals surface area (Å²) < 4.78 is 8.72. The van der Waals surface area contributed by atoms with Crippen LogP contribution in [0, 0.1) is 0 Å². The number of benzene rings is 1. The van der Waals surface area contributed by atoms with Gasteiger partial charge in [-0.05, 0) is 6.42 Å². The summed E-state index contributed by atoms with van der Waals surface area (Å²) in [6.45, 7) is 4.04. The van der Waals surface area contributed by atoms with E-state index in [0.29, 0.717) is 18.9 Å². The van der Waals surface area contributed by atoms with Gasteiger partial charge in [0.15, 0.2) is 5.96 Å². The van der Waals surface area contributed by atoms with E-state index in [-0.39, 0.29) is 24.5 Å². The van der Waals surface area contributed by atoms with E-state index >= 15 is 0 Å². The van der Waals surface area contributed by atoms with E-state index in [1.54, 1.807) is 6.92 Å². The molecule has 2 rings (SSSR count). The summed E-state index contributed by atoms with van der Waals surface area (Å²) >= 11 is -1.30. The van der Waals surface area contributed by atoms with Gasteiger partial charge in [0.2, 0.25) is 0 Å². The molecule has 0 aliphatic carbocycles. The van der Waals surface area contributed by atoms with E-state index < -0.39 is 37.1 Å². The Labute approximate surface area is 186 Å². The molecule has 1 aliphatic heterocycles. The zero-order valence-electron chi connectivity index (χ0n) is 17.1. The second-order valence-electron chi connectivity index (χ2n) is 6.36. The Balaban J connectivity index is 1.82. The first-order chi connectivity index (χ1) is 14.9. The topological polar surface area (TPSA) is 159 Å². The van der Waals surface area contributed by atoms with Crippen molar-refractivity contribution in [2.45, 2.75) is 18.1 Å². The van der Waals surface area contributed by atoms with Gasteiger partial charge in [0.05, 0.1) is 0 Å². The van der Waals surface area contributed by atoms with Crippen LogP contribution in [-0.2, 0) is 9.53 Å². The van der Waals surface area contributed by atoms with Crippen molar-refractivity contribution in [2.24, 2.45) is 4.99 Å². The van der Waals surface area contributed by atoms with Crippen LogP contribution in [-0.4, -0.2) is 88.0 Å². The number of rotatable bonds is 11. The molecular weight excluding hydrogens is 471 g/mol. The number of hydrogen-bond donors (Lipinski definition) is 5. The number of carbonyl (C=O) groups is 3. The molecule has 1 aliphatic rings. The van der Waals surface area contributed by atoms with Crippen LogP contribution in [0.15, 0.2) is 23.2 Å². The van der Waals surface area contributed by atoms with Gasteiger partial charge in [-0.15, -0.1) is 0 Å². The Morgan fingerprint density at radius 2 is 2.16 bits per heavy atom. The van der Waals surface area contributed by atoms with Crippen molar-refractivity contribution in [1.29, 1.82) is 0 Å². The molecule has 1 atom stereocenters. The molecule has 169 valence electrons. The molecule has 1 amide bonds. The van der Waals surface area contributed by atoms with Crippen molar-refractivity contribution in [3.05, 3.63) is 23.8 Å². The summed E-state index contributed by atoms with van der Waals surface area (Å²) in [6.07, 6.45) is 1.00. The van der Waals surface area contributed by atoms with Crippen LogP contribution in [0.5, 0.6) is 11.5 Å². The number of ether oxygens (including phenoxy) is 2. The average molecular weight is 497 g/mol. The average Bonchev–Trinajstić information content (AvgIpc) is 2.74. The molecule has 5 N–H and O–H groups in total. The molecule has 1 heterocycles. The standard InChI is InChI=1S/C19H26AsN4O7/c1-2-30-18(29)20-14(17(27)28)11-24-16(26)13-5-4-12(10-15(13)25)31-9-8-23-19-21-6-3-7-22-19/h4-5,10,14,25H,2-3,6-9,11H2,1H3,(H,24,26)(H,27,28)(H2,21,22,23)/t14-/m0/s1. The molecule has 0 aromatic heterocycles. The molecule has 0 saturated heterocycles. The zero-order chi connectivity index (χ0) is 22.6. The second-order valence-corrected chi connectivity index (χ2v) is 8.97. The summed E-state index contributed by atoms with van der Waals surface area (Å²) in [5.41, 5.74) is -0.0252. The number of phenols is 1. The minimum atomic E-state index is -1.30. The maximum absolute atomic E-state index is 12.3. The number of aliphatic carboxylic acids is 1. The maximum atomic E-state index is 12.3. The molecule has 31 heavy (non-hydrogen) atoms. The Hall–Kier alpha value is -2.94. The summed E-state index contributed by atoms with van der Waals surface area (Å²) in [4.78, 5) is 39.4. The van der Waals surface area contributed by atoms with E-state index in [4.69, 9.17) is 9.47 Å². The van der Waals surface area contributed by atoms with Crippen LogP contribution in [0.3, 0.4) is 0 Å². The van der Waals surface area contributed by atoms with Crippen LogP contribution in [0.2, 0.25) is 4.71 Å². The van der Waals surface area contributed by atoms with Crippen molar-refractivity contribution in [3.63, 3.8) is 0 Å². The van der Waals surface area contributed by atoms with Crippen molar-refractivity contribution in [1.82, 2.24) is 16.0 Å². The van der Waals surface area contributed by atoms with Crippen molar-refractivity contribution < 1.29 is 34.1 Å². The van der Waals surface area contributed by atoms with Crippen LogP contribution < -0.4 is 20.7 Å². The third kappa shape index (κ3) is 8.37. The summed E-state index contributed by atoms with van der Waals surface area (Å²) in [6, 6.07) is 4.23. The zero-order valence-corrected chi connectivity index (χ0v) is 19.0. The van der Waals surface area contributed by atoms with Crippen LogP contribution in [0.1, 0.15) is 23.7 Å². The van der Waals surface area contributed by atoms with Gasteiger partial charge in [-0.3, -0.25) is 4.99 Å². The number of aromatic hydroxyl groups is 1. The fourth-order valence-corrected chi connectivity index (χ4v) is 4.12. The van der Waals surface area contributed by atoms with Gasteiger partial charge in [-0.2, -0.15) is 0 Å². The first-order valence-corrected chi connectivity index (χ1v) is 11.8. The number of phenolic OH excluding ortho intramolecular Hbond substituents is 1. The van der Waals surface area contributed by atoms with E-state index in [9.17, 15) is 24.6 Å².